The molecule has 0 fully saturated rings. The van der Waals surface area contributed by atoms with Crippen LogP contribution in [0.1, 0.15) is 31.0 Å². The maximum absolute atomic E-state index is 15.2. The topological polar surface area (TPSA) is 123 Å². The van der Waals surface area contributed by atoms with Crippen LogP contribution in [0.25, 0.3) is 33.4 Å². The lowest BCUT2D eigenvalue weighted by Crippen LogP contribution is -2.27. The van der Waals surface area contributed by atoms with Crippen molar-refractivity contribution < 1.29 is 30.7 Å². The van der Waals surface area contributed by atoms with Gasteiger partial charge >= 0.3 is 12.4 Å². The summed E-state index contributed by atoms with van der Waals surface area (Å²) in [6.07, 6.45) is -3.98. The molecule has 1 unspecified atom stereocenters. The Labute approximate surface area is 248 Å². The quantitative estimate of drug-likeness (QED) is 0.219. The molecule has 0 saturated carbocycles. The number of aryl methyl sites for hydroxylation is 2. The zero-order valence-electron chi connectivity index (χ0n) is 23.5. The molecule has 0 aliphatic heterocycles. The number of pyridine rings is 1. The van der Waals surface area contributed by atoms with Gasteiger partial charge in [-0.3, -0.25) is 14.3 Å². The van der Waals surface area contributed by atoms with E-state index in [-0.39, 0.29) is 34.6 Å². The molecule has 0 aliphatic rings. The fraction of sp³-hybridized carbons (Fsp3) is 0.286. The lowest BCUT2D eigenvalue weighted by molar-refractivity contribution is -0.143. The van der Waals surface area contributed by atoms with Gasteiger partial charge in [0.05, 0.1) is 28.5 Å². The van der Waals surface area contributed by atoms with Crippen LogP contribution in [-0.4, -0.2) is 40.6 Å². The van der Waals surface area contributed by atoms with Gasteiger partial charge in [-0.25, -0.2) is 19.5 Å². The Morgan fingerprint density at radius 1 is 1.00 bits per heavy atom. The molecular formula is C28H23F7N8O2. The summed E-state index contributed by atoms with van der Waals surface area (Å²) < 4.78 is 96.4. The first-order valence-corrected chi connectivity index (χ1v) is 13.3. The van der Waals surface area contributed by atoms with Crippen molar-refractivity contribution in [3.8, 4) is 22.6 Å². The molecule has 0 radical (unpaired) electrons. The second kappa shape index (κ2) is 11.8. The highest BCUT2D eigenvalue weighted by Gasteiger charge is 2.37. The fourth-order valence-electron chi connectivity index (χ4n) is 4.82. The largest absolute Gasteiger partial charge is 0.433 e. The summed E-state index contributed by atoms with van der Waals surface area (Å²) in [7, 11) is 1.15. The van der Waals surface area contributed by atoms with Crippen LogP contribution in [0.15, 0.2) is 58.6 Å². The summed E-state index contributed by atoms with van der Waals surface area (Å²) in [6, 6.07) is 4.34. The number of fused-ring (bicyclic) bond motifs is 1. The average molecular weight is 637 g/mol. The van der Waals surface area contributed by atoms with Crippen molar-refractivity contribution in [2.75, 3.05) is 5.32 Å². The average Bonchev–Trinajstić information content (AvgIpc) is 3.36. The Bertz CT molecular complexity index is 1980. The van der Waals surface area contributed by atoms with Crippen molar-refractivity contribution >= 4 is 16.5 Å². The molecule has 5 aromatic rings. The number of halogens is 7. The summed E-state index contributed by atoms with van der Waals surface area (Å²) >= 11 is 0. The number of rotatable bonds is 8. The van der Waals surface area contributed by atoms with E-state index in [1.54, 1.807) is 18.1 Å². The first-order chi connectivity index (χ1) is 21.1. The van der Waals surface area contributed by atoms with Crippen LogP contribution in [0.2, 0.25) is 0 Å². The van der Waals surface area contributed by atoms with Crippen LogP contribution in [-0.2, 0) is 25.9 Å². The molecule has 45 heavy (non-hydrogen) atoms. The van der Waals surface area contributed by atoms with Crippen molar-refractivity contribution in [1.82, 2.24) is 34.5 Å². The second-order valence-electron chi connectivity index (χ2n) is 10.2. The van der Waals surface area contributed by atoms with Gasteiger partial charge in [0.25, 0.3) is 11.1 Å². The number of hydrogen-bond donors (Lipinski definition) is 2. The molecule has 4 aromatic heterocycles. The Hall–Kier alpha value is -5.09. The second-order valence-corrected chi connectivity index (χ2v) is 10.2. The number of aromatic amines is 1. The van der Waals surface area contributed by atoms with Crippen LogP contribution >= 0.6 is 0 Å². The zero-order valence-corrected chi connectivity index (χ0v) is 23.5. The van der Waals surface area contributed by atoms with E-state index in [4.69, 9.17) is 0 Å². The summed E-state index contributed by atoms with van der Waals surface area (Å²) in [5.41, 5.74) is -4.52. The highest BCUT2D eigenvalue weighted by atomic mass is 19.4. The van der Waals surface area contributed by atoms with E-state index in [9.17, 15) is 35.9 Å². The van der Waals surface area contributed by atoms with Crippen LogP contribution in [0.4, 0.5) is 36.4 Å². The number of nitrogens with one attached hydrogen (secondary N) is 2. The summed E-state index contributed by atoms with van der Waals surface area (Å²) in [5, 5.41) is 12.1. The standard InChI is InChI=1S/C28H23F7N8O2/c1-14(39-21-13-38-40-25(44)23(21)28(33,34)35)4-3-6-43-7-5-15-8-18(19(29)9-17(15)26(43)45)24-36-11-16(12-37-24)20-10-22(27(30,31)32)42(2)41-20/h5,7-14H,3-4,6H2,1-2H3,(H2,39,40,44). The highest BCUT2D eigenvalue weighted by Crippen LogP contribution is 2.33. The minimum Gasteiger partial charge on any atom is -0.381 e. The van der Waals surface area contributed by atoms with E-state index in [1.165, 1.54) is 29.2 Å². The predicted octanol–water partition coefficient (Wildman–Crippen LogP) is 5.40. The molecule has 4 heterocycles. The summed E-state index contributed by atoms with van der Waals surface area (Å²) in [4.78, 5) is 32.9. The fourth-order valence-corrected chi connectivity index (χ4v) is 4.82. The predicted molar refractivity (Wildman–Crippen MR) is 149 cm³/mol. The first kappa shape index (κ1) is 31.3. The molecule has 0 aliphatic carbocycles. The molecule has 236 valence electrons. The van der Waals surface area contributed by atoms with E-state index < -0.39 is 52.3 Å². The maximum Gasteiger partial charge on any atom is 0.433 e. The van der Waals surface area contributed by atoms with Crippen molar-refractivity contribution in [1.29, 1.82) is 0 Å². The molecule has 10 nitrogen and oxygen atoms in total. The van der Waals surface area contributed by atoms with E-state index >= 15 is 4.39 Å². The molecule has 0 saturated heterocycles. The number of nitrogens with zero attached hydrogens (tertiary/aromatic N) is 6. The van der Waals surface area contributed by atoms with Gasteiger partial charge < -0.3 is 9.88 Å². The highest BCUT2D eigenvalue weighted by molar-refractivity contribution is 5.86. The Morgan fingerprint density at radius 3 is 2.36 bits per heavy atom. The molecule has 0 bridgehead atoms. The molecule has 17 heteroatoms. The van der Waals surface area contributed by atoms with Gasteiger partial charge in [-0.1, -0.05) is 0 Å². The maximum atomic E-state index is 15.2. The third kappa shape index (κ3) is 6.56. The summed E-state index contributed by atoms with van der Waals surface area (Å²) in [5.74, 6) is -0.855. The molecule has 2 N–H and O–H groups in total. The van der Waals surface area contributed by atoms with Gasteiger partial charge in [-0.05, 0) is 49.4 Å². The van der Waals surface area contributed by atoms with Crippen molar-refractivity contribution in [3.05, 3.63) is 86.8 Å². The Kier molecular flexibility index (Phi) is 8.20. The molecule has 1 atom stereocenters. The van der Waals surface area contributed by atoms with Crippen LogP contribution in [0.3, 0.4) is 0 Å². The SMILES string of the molecule is CC(CCCn1ccc2cc(-c3ncc(-c4cc(C(F)(F)F)n(C)n4)cn3)c(F)cc2c1=O)Nc1cn[nH]c(=O)c1C(F)(F)F. The van der Waals surface area contributed by atoms with Crippen LogP contribution < -0.4 is 16.4 Å². The van der Waals surface area contributed by atoms with Gasteiger partial charge in [0.2, 0.25) is 0 Å². The number of alkyl halides is 6. The molecular weight excluding hydrogens is 613 g/mol. The van der Waals surface area contributed by atoms with Crippen LogP contribution in [0, 0.1) is 5.82 Å². The lowest BCUT2D eigenvalue weighted by Gasteiger charge is -2.18. The molecule has 5 rings (SSSR count). The minimum absolute atomic E-state index is 0.0144. The van der Waals surface area contributed by atoms with Crippen molar-refractivity contribution in [3.63, 3.8) is 0 Å². The Balaban J connectivity index is 1.29. The molecule has 0 spiro atoms. The normalized spacial score (nSPS) is 12.9. The number of H-pyrrole nitrogens is 1. The van der Waals surface area contributed by atoms with E-state index in [2.05, 4.69) is 25.5 Å². The van der Waals surface area contributed by atoms with E-state index in [0.717, 1.165) is 25.4 Å². The third-order valence-electron chi connectivity index (χ3n) is 7.00. The number of aromatic nitrogens is 7. The van der Waals surface area contributed by atoms with Gasteiger partial charge in [-0.15, -0.1) is 0 Å². The first-order valence-electron chi connectivity index (χ1n) is 13.3. The van der Waals surface area contributed by atoms with E-state index in [0.29, 0.717) is 22.9 Å². The summed E-state index contributed by atoms with van der Waals surface area (Å²) in [6.45, 7) is 1.80. The van der Waals surface area contributed by atoms with Gasteiger partial charge in [0.1, 0.15) is 17.1 Å². The van der Waals surface area contributed by atoms with Gasteiger partial charge in [-0.2, -0.15) is 36.5 Å². The zero-order chi connectivity index (χ0) is 32.7. The molecule has 1 aromatic carbocycles. The molecule has 0 amide bonds. The third-order valence-corrected chi connectivity index (χ3v) is 7.00. The van der Waals surface area contributed by atoms with Gasteiger partial charge in [0.15, 0.2) is 5.82 Å². The number of benzene rings is 1. The van der Waals surface area contributed by atoms with Crippen molar-refractivity contribution in [2.45, 2.75) is 44.7 Å². The van der Waals surface area contributed by atoms with Crippen LogP contribution in [0.5, 0.6) is 0 Å². The van der Waals surface area contributed by atoms with Crippen molar-refractivity contribution in [2.24, 2.45) is 7.05 Å². The monoisotopic (exact) mass is 636 g/mol. The smallest absolute Gasteiger partial charge is 0.381 e. The Morgan fingerprint density at radius 2 is 1.71 bits per heavy atom. The number of anilines is 1. The lowest BCUT2D eigenvalue weighted by atomic mass is 10.1. The minimum atomic E-state index is -4.88. The van der Waals surface area contributed by atoms with E-state index in [1.807, 2.05) is 0 Å². The number of hydrogen-bond acceptors (Lipinski definition) is 7. The van der Waals surface area contributed by atoms with Gasteiger partial charge in [0, 0.05) is 43.8 Å².